The van der Waals surface area contributed by atoms with Crippen LogP contribution in [0, 0.1) is 9.49 Å². The number of aliphatic carboxylic acids is 1. The van der Waals surface area contributed by atoms with Crippen LogP contribution >= 0.6 is 34.2 Å². The standard InChI is InChI=1S/C13H15ClINO3/c1-7(2)11(6-12(17)18)16-13(19)8-3-4-10(15)9(14)5-8/h3-5,7,11H,6H2,1-2H3,(H,16,19)(H,17,18). The molecule has 0 aromatic heterocycles. The molecule has 4 nitrogen and oxygen atoms in total. The van der Waals surface area contributed by atoms with Gasteiger partial charge >= 0.3 is 5.97 Å². The van der Waals surface area contributed by atoms with E-state index in [0.717, 1.165) is 3.57 Å². The molecule has 1 rings (SSSR count). The average Bonchev–Trinajstić information content (AvgIpc) is 2.31. The van der Waals surface area contributed by atoms with Crippen LogP contribution in [0.2, 0.25) is 5.02 Å². The summed E-state index contributed by atoms with van der Waals surface area (Å²) < 4.78 is 0.863. The molecule has 0 saturated heterocycles. The maximum absolute atomic E-state index is 12.0. The molecule has 6 heteroatoms. The second kappa shape index (κ2) is 7.09. The monoisotopic (exact) mass is 395 g/mol. The molecule has 1 aromatic carbocycles. The Kier molecular flexibility index (Phi) is 6.06. The Morgan fingerprint density at radius 1 is 1.42 bits per heavy atom. The summed E-state index contributed by atoms with van der Waals surface area (Å²) in [5.41, 5.74) is 0.432. The smallest absolute Gasteiger partial charge is 0.305 e. The van der Waals surface area contributed by atoms with Gasteiger partial charge in [-0.05, 0) is 46.7 Å². The van der Waals surface area contributed by atoms with E-state index in [1.807, 2.05) is 13.8 Å². The van der Waals surface area contributed by atoms with Gasteiger partial charge in [-0.3, -0.25) is 9.59 Å². The molecule has 1 unspecified atom stereocenters. The number of benzene rings is 1. The third-order valence-corrected chi connectivity index (χ3v) is 4.27. The van der Waals surface area contributed by atoms with Crippen molar-refractivity contribution in [2.75, 3.05) is 0 Å². The maximum Gasteiger partial charge on any atom is 0.305 e. The van der Waals surface area contributed by atoms with Gasteiger partial charge in [0.1, 0.15) is 0 Å². The first-order chi connectivity index (χ1) is 8.81. The SMILES string of the molecule is CC(C)C(CC(=O)O)NC(=O)c1ccc(I)c(Cl)c1. The van der Waals surface area contributed by atoms with Gasteiger partial charge in [0, 0.05) is 15.2 Å². The van der Waals surface area contributed by atoms with Crippen LogP contribution in [0.3, 0.4) is 0 Å². The number of carboxylic acid groups (broad SMARTS) is 1. The quantitative estimate of drug-likeness (QED) is 0.753. The first-order valence-corrected chi connectivity index (χ1v) is 7.24. The summed E-state index contributed by atoms with van der Waals surface area (Å²) in [6, 6.07) is 4.60. The Bertz CT molecular complexity index is 491. The molecule has 2 N–H and O–H groups in total. The molecule has 0 spiro atoms. The third-order valence-electron chi connectivity index (χ3n) is 2.70. The van der Waals surface area contributed by atoms with E-state index in [2.05, 4.69) is 27.9 Å². The molecule has 1 atom stereocenters. The number of rotatable bonds is 5. The van der Waals surface area contributed by atoms with Crippen LogP contribution in [-0.2, 0) is 4.79 Å². The highest BCUT2D eigenvalue weighted by Gasteiger charge is 2.20. The maximum atomic E-state index is 12.0. The Morgan fingerprint density at radius 3 is 2.53 bits per heavy atom. The molecular weight excluding hydrogens is 381 g/mol. The Balaban J connectivity index is 2.81. The highest BCUT2D eigenvalue weighted by molar-refractivity contribution is 14.1. The second-order valence-electron chi connectivity index (χ2n) is 4.55. The predicted molar refractivity (Wildman–Crippen MR) is 82.5 cm³/mol. The first-order valence-electron chi connectivity index (χ1n) is 5.79. The zero-order chi connectivity index (χ0) is 14.6. The molecule has 1 aromatic rings. The molecule has 0 saturated carbocycles. The van der Waals surface area contributed by atoms with Crippen molar-refractivity contribution in [2.45, 2.75) is 26.3 Å². The van der Waals surface area contributed by atoms with Gasteiger partial charge in [0.15, 0.2) is 0 Å². The van der Waals surface area contributed by atoms with Crippen molar-refractivity contribution in [3.8, 4) is 0 Å². The van der Waals surface area contributed by atoms with Crippen molar-refractivity contribution in [1.82, 2.24) is 5.32 Å². The fourth-order valence-electron chi connectivity index (χ4n) is 1.53. The van der Waals surface area contributed by atoms with E-state index in [-0.39, 0.29) is 18.2 Å². The van der Waals surface area contributed by atoms with Gasteiger partial charge in [-0.2, -0.15) is 0 Å². The second-order valence-corrected chi connectivity index (χ2v) is 6.12. The van der Waals surface area contributed by atoms with Crippen LogP contribution in [0.5, 0.6) is 0 Å². The van der Waals surface area contributed by atoms with E-state index in [1.165, 1.54) is 0 Å². The van der Waals surface area contributed by atoms with E-state index >= 15 is 0 Å². The van der Waals surface area contributed by atoms with Crippen molar-refractivity contribution < 1.29 is 14.7 Å². The zero-order valence-corrected chi connectivity index (χ0v) is 13.5. The van der Waals surface area contributed by atoms with Gasteiger partial charge in [0.25, 0.3) is 5.91 Å². The number of halogens is 2. The molecule has 0 aliphatic heterocycles. The lowest BCUT2D eigenvalue weighted by Gasteiger charge is -2.20. The third kappa shape index (κ3) is 4.99. The minimum atomic E-state index is -0.931. The molecule has 1 amide bonds. The van der Waals surface area contributed by atoms with Crippen LogP contribution in [-0.4, -0.2) is 23.0 Å². The van der Waals surface area contributed by atoms with Gasteiger partial charge in [-0.25, -0.2) is 0 Å². The summed E-state index contributed by atoms with van der Waals surface area (Å²) >= 11 is 8.03. The Labute approximate surface area is 130 Å². The van der Waals surface area contributed by atoms with Gasteiger partial charge in [0.05, 0.1) is 11.4 Å². The first kappa shape index (κ1) is 16.2. The highest BCUT2D eigenvalue weighted by atomic mass is 127. The predicted octanol–water partition coefficient (Wildman–Crippen LogP) is 3.17. The normalized spacial score (nSPS) is 12.3. The molecule has 0 radical (unpaired) electrons. The lowest BCUT2D eigenvalue weighted by molar-refractivity contribution is -0.137. The van der Waals surface area contributed by atoms with Crippen LogP contribution in [0.25, 0.3) is 0 Å². The van der Waals surface area contributed by atoms with Crippen LogP contribution in [0.1, 0.15) is 30.6 Å². The summed E-state index contributed by atoms with van der Waals surface area (Å²) in [4.78, 5) is 22.8. The molecule has 0 heterocycles. The van der Waals surface area contributed by atoms with Gasteiger partial charge in [-0.1, -0.05) is 25.4 Å². The lowest BCUT2D eigenvalue weighted by Crippen LogP contribution is -2.40. The minimum absolute atomic E-state index is 0.0411. The summed E-state index contributed by atoms with van der Waals surface area (Å²) in [5, 5.41) is 12.1. The number of hydrogen-bond acceptors (Lipinski definition) is 2. The average molecular weight is 396 g/mol. The largest absolute Gasteiger partial charge is 0.481 e. The fourth-order valence-corrected chi connectivity index (χ4v) is 2.05. The molecule has 19 heavy (non-hydrogen) atoms. The van der Waals surface area contributed by atoms with Crippen molar-refractivity contribution in [2.24, 2.45) is 5.92 Å². The van der Waals surface area contributed by atoms with E-state index in [1.54, 1.807) is 18.2 Å². The van der Waals surface area contributed by atoms with Crippen LogP contribution in [0.15, 0.2) is 18.2 Å². The van der Waals surface area contributed by atoms with E-state index in [4.69, 9.17) is 16.7 Å². The van der Waals surface area contributed by atoms with Crippen molar-refractivity contribution >= 4 is 46.1 Å². The van der Waals surface area contributed by atoms with E-state index in [0.29, 0.717) is 10.6 Å². The van der Waals surface area contributed by atoms with E-state index < -0.39 is 12.0 Å². The lowest BCUT2D eigenvalue weighted by atomic mass is 10.0. The van der Waals surface area contributed by atoms with Gasteiger partial charge in [0.2, 0.25) is 0 Å². The van der Waals surface area contributed by atoms with Crippen molar-refractivity contribution in [3.05, 3.63) is 32.4 Å². The molecule has 0 aliphatic rings. The fraction of sp³-hybridized carbons (Fsp3) is 0.385. The Morgan fingerprint density at radius 2 is 2.05 bits per heavy atom. The summed E-state index contributed by atoms with van der Waals surface area (Å²) in [5.74, 6) is -1.20. The zero-order valence-electron chi connectivity index (χ0n) is 10.6. The van der Waals surface area contributed by atoms with Gasteiger partial charge < -0.3 is 10.4 Å². The summed E-state index contributed by atoms with van der Waals surface area (Å²) in [6.07, 6.45) is -0.0957. The molecular formula is C13H15ClINO3. The van der Waals surface area contributed by atoms with Crippen molar-refractivity contribution in [3.63, 3.8) is 0 Å². The number of carbonyl (C=O) groups excluding carboxylic acids is 1. The number of nitrogens with one attached hydrogen (secondary N) is 1. The number of carbonyl (C=O) groups is 2. The highest BCUT2D eigenvalue weighted by Crippen LogP contribution is 2.20. The molecule has 0 bridgehead atoms. The summed E-state index contributed by atoms with van der Waals surface area (Å²) in [7, 11) is 0. The van der Waals surface area contributed by atoms with Crippen LogP contribution in [0.4, 0.5) is 0 Å². The number of carboxylic acids is 1. The molecule has 0 aliphatic carbocycles. The summed E-state index contributed by atoms with van der Waals surface area (Å²) in [6.45, 7) is 3.74. The van der Waals surface area contributed by atoms with Gasteiger partial charge in [-0.15, -0.1) is 0 Å². The number of amides is 1. The van der Waals surface area contributed by atoms with Crippen LogP contribution < -0.4 is 5.32 Å². The molecule has 0 fully saturated rings. The topological polar surface area (TPSA) is 66.4 Å². The Hall–Kier alpha value is -0.820. The van der Waals surface area contributed by atoms with E-state index in [9.17, 15) is 9.59 Å². The van der Waals surface area contributed by atoms with Crippen molar-refractivity contribution in [1.29, 1.82) is 0 Å². The number of hydrogen-bond donors (Lipinski definition) is 2. The minimum Gasteiger partial charge on any atom is -0.481 e. The molecule has 104 valence electrons.